The van der Waals surface area contributed by atoms with Crippen LogP contribution in [0.15, 0.2) is 0 Å². The molecule has 3 atom stereocenters. The molecule has 1 aliphatic rings. The van der Waals surface area contributed by atoms with E-state index in [9.17, 15) is 15.0 Å². The normalized spacial score (nSPS) is 32.7. The molecule has 1 unspecified atom stereocenters. The maximum Gasteiger partial charge on any atom is 0.246 e. The molecule has 6 heteroatoms. The van der Waals surface area contributed by atoms with Gasteiger partial charge in [0.05, 0.1) is 18.8 Å². The average Bonchev–Trinajstić information content (AvgIpc) is 2.53. The van der Waals surface area contributed by atoms with Crippen LogP contribution in [0.4, 0.5) is 0 Å². The van der Waals surface area contributed by atoms with Crippen molar-refractivity contribution < 1.29 is 24.5 Å². The SMILES string of the molecule is COCC(=O)NCC1(COC)C[C@@H](O)[C@@H](O)C1. The minimum absolute atomic E-state index is 0.00810. The van der Waals surface area contributed by atoms with E-state index in [1.54, 1.807) is 7.11 Å². The number of amides is 1. The third-order valence-electron chi connectivity index (χ3n) is 3.11. The zero-order valence-electron chi connectivity index (χ0n) is 10.3. The van der Waals surface area contributed by atoms with Crippen LogP contribution in [-0.2, 0) is 14.3 Å². The number of carbonyl (C=O) groups excluding carboxylic acids is 1. The second kappa shape index (κ2) is 6.30. The molecular weight excluding hydrogens is 226 g/mol. The van der Waals surface area contributed by atoms with Gasteiger partial charge in [-0.05, 0) is 12.8 Å². The molecule has 0 radical (unpaired) electrons. The summed E-state index contributed by atoms with van der Waals surface area (Å²) in [6.07, 6.45) is -0.640. The van der Waals surface area contributed by atoms with Crippen molar-refractivity contribution in [2.45, 2.75) is 25.0 Å². The Morgan fingerprint density at radius 2 is 1.88 bits per heavy atom. The van der Waals surface area contributed by atoms with Crippen molar-refractivity contribution in [1.29, 1.82) is 0 Å². The van der Waals surface area contributed by atoms with E-state index in [0.29, 0.717) is 26.0 Å². The summed E-state index contributed by atoms with van der Waals surface area (Å²) < 4.78 is 9.83. The first-order chi connectivity index (χ1) is 8.03. The summed E-state index contributed by atoms with van der Waals surface area (Å²) in [6.45, 7) is 0.777. The lowest BCUT2D eigenvalue weighted by Gasteiger charge is -2.28. The number of hydrogen-bond acceptors (Lipinski definition) is 5. The molecule has 0 saturated heterocycles. The molecule has 0 bridgehead atoms. The highest BCUT2D eigenvalue weighted by atomic mass is 16.5. The van der Waals surface area contributed by atoms with Crippen LogP contribution >= 0.6 is 0 Å². The Balaban J connectivity index is 2.52. The maximum absolute atomic E-state index is 11.3. The van der Waals surface area contributed by atoms with Crippen molar-refractivity contribution >= 4 is 5.91 Å². The Morgan fingerprint density at radius 1 is 1.29 bits per heavy atom. The van der Waals surface area contributed by atoms with Gasteiger partial charge in [-0.15, -0.1) is 0 Å². The third kappa shape index (κ3) is 3.92. The van der Waals surface area contributed by atoms with Gasteiger partial charge in [-0.3, -0.25) is 4.79 Å². The summed E-state index contributed by atoms with van der Waals surface area (Å²) in [5.74, 6) is -0.209. The van der Waals surface area contributed by atoms with E-state index in [-0.39, 0.29) is 12.5 Å². The minimum Gasteiger partial charge on any atom is -0.390 e. The molecule has 6 nitrogen and oxygen atoms in total. The number of rotatable bonds is 6. The zero-order chi connectivity index (χ0) is 12.9. The topological polar surface area (TPSA) is 88.0 Å². The van der Waals surface area contributed by atoms with Crippen LogP contribution in [0.3, 0.4) is 0 Å². The van der Waals surface area contributed by atoms with Crippen molar-refractivity contribution in [1.82, 2.24) is 5.32 Å². The smallest absolute Gasteiger partial charge is 0.246 e. The first-order valence-electron chi connectivity index (χ1n) is 5.64. The predicted octanol–water partition coefficient (Wildman–Crippen LogP) is -1.10. The Hall–Kier alpha value is -0.690. The molecule has 100 valence electrons. The lowest BCUT2D eigenvalue weighted by molar-refractivity contribution is -0.125. The van der Waals surface area contributed by atoms with Gasteiger partial charge in [0.25, 0.3) is 0 Å². The Labute approximate surface area is 101 Å². The Bertz CT molecular complexity index is 248. The van der Waals surface area contributed by atoms with Gasteiger partial charge in [0.15, 0.2) is 0 Å². The van der Waals surface area contributed by atoms with Gasteiger partial charge < -0.3 is 25.0 Å². The van der Waals surface area contributed by atoms with Gasteiger partial charge in [-0.2, -0.15) is 0 Å². The number of nitrogens with one attached hydrogen (secondary N) is 1. The summed E-state index contributed by atoms with van der Waals surface area (Å²) in [7, 11) is 3.02. The molecule has 1 fully saturated rings. The number of ether oxygens (including phenoxy) is 2. The Kier molecular flexibility index (Phi) is 5.32. The average molecular weight is 247 g/mol. The van der Waals surface area contributed by atoms with E-state index >= 15 is 0 Å². The minimum atomic E-state index is -0.746. The Morgan fingerprint density at radius 3 is 2.35 bits per heavy atom. The molecule has 0 spiro atoms. The second-order valence-electron chi connectivity index (χ2n) is 4.69. The standard InChI is InChI=1S/C11H21NO5/c1-16-5-10(15)12-6-11(7-17-2)3-8(13)9(14)4-11/h8-9,13-14H,3-7H2,1-2H3,(H,12,15)/t8-,9+,11?. The largest absolute Gasteiger partial charge is 0.390 e. The fourth-order valence-electron chi connectivity index (χ4n) is 2.33. The van der Waals surface area contributed by atoms with Gasteiger partial charge in [-0.25, -0.2) is 0 Å². The molecule has 0 aromatic heterocycles. The third-order valence-corrected chi connectivity index (χ3v) is 3.11. The fraction of sp³-hybridized carbons (Fsp3) is 0.909. The second-order valence-corrected chi connectivity index (χ2v) is 4.69. The first-order valence-corrected chi connectivity index (χ1v) is 5.64. The molecule has 1 rings (SSSR count). The van der Waals surface area contributed by atoms with Gasteiger partial charge in [-0.1, -0.05) is 0 Å². The van der Waals surface area contributed by atoms with Gasteiger partial charge in [0, 0.05) is 26.2 Å². The fourth-order valence-corrected chi connectivity index (χ4v) is 2.33. The highest BCUT2D eigenvalue weighted by Gasteiger charge is 2.44. The predicted molar refractivity (Wildman–Crippen MR) is 60.4 cm³/mol. The van der Waals surface area contributed by atoms with Crippen molar-refractivity contribution in [3.63, 3.8) is 0 Å². The van der Waals surface area contributed by atoms with Gasteiger partial charge in [0.2, 0.25) is 5.91 Å². The number of carbonyl (C=O) groups is 1. The quantitative estimate of drug-likeness (QED) is 0.554. The summed E-state index contributed by atoms with van der Waals surface area (Å²) in [6, 6.07) is 0. The lowest BCUT2D eigenvalue weighted by Crippen LogP contribution is -2.40. The molecule has 0 aromatic rings. The van der Waals surface area contributed by atoms with Crippen molar-refractivity contribution in [3.05, 3.63) is 0 Å². The van der Waals surface area contributed by atoms with Crippen LogP contribution in [0.5, 0.6) is 0 Å². The van der Waals surface area contributed by atoms with Crippen LogP contribution in [0.2, 0.25) is 0 Å². The number of aliphatic hydroxyl groups is 2. The summed E-state index contributed by atoms with van der Waals surface area (Å²) in [4.78, 5) is 11.3. The van der Waals surface area contributed by atoms with E-state index in [1.807, 2.05) is 0 Å². The van der Waals surface area contributed by atoms with Crippen LogP contribution in [0.1, 0.15) is 12.8 Å². The molecular formula is C11H21NO5. The summed E-state index contributed by atoms with van der Waals surface area (Å²) in [5.41, 5.74) is -0.392. The van der Waals surface area contributed by atoms with E-state index in [0.717, 1.165) is 0 Å². The zero-order valence-corrected chi connectivity index (χ0v) is 10.3. The number of aliphatic hydroxyl groups excluding tert-OH is 2. The number of methoxy groups -OCH3 is 2. The first kappa shape index (κ1) is 14.4. The van der Waals surface area contributed by atoms with E-state index in [2.05, 4.69) is 5.32 Å². The van der Waals surface area contributed by atoms with Crippen LogP contribution in [0.25, 0.3) is 0 Å². The van der Waals surface area contributed by atoms with Crippen molar-refractivity contribution in [2.75, 3.05) is 34.0 Å². The molecule has 1 amide bonds. The van der Waals surface area contributed by atoms with Gasteiger partial charge in [0.1, 0.15) is 6.61 Å². The monoisotopic (exact) mass is 247 g/mol. The van der Waals surface area contributed by atoms with Crippen LogP contribution in [0, 0.1) is 5.41 Å². The number of hydrogen-bond donors (Lipinski definition) is 3. The molecule has 0 heterocycles. The van der Waals surface area contributed by atoms with Crippen LogP contribution in [-0.4, -0.2) is 62.3 Å². The van der Waals surface area contributed by atoms with E-state index < -0.39 is 17.6 Å². The van der Waals surface area contributed by atoms with E-state index in [4.69, 9.17) is 9.47 Å². The molecule has 0 aromatic carbocycles. The molecule has 3 N–H and O–H groups in total. The highest BCUT2D eigenvalue weighted by Crippen LogP contribution is 2.38. The highest BCUT2D eigenvalue weighted by molar-refractivity contribution is 5.77. The van der Waals surface area contributed by atoms with Crippen molar-refractivity contribution in [2.24, 2.45) is 5.41 Å². The summed E-state index contributed by atoms with van der Waals surface area (Å²) >= 11 is 0. The summed E-state index contributed by atoms with van der Waals surface area (Å²) in [5, 5.41) is 21.9. The molecule has 17 heavy (non-hydrogen) atoms. The molecule has 1 aliphatic carbocycles. The lowest BCUT2D eigenvalue weighted by atomic mass is 9.86. The van der Waals surface area contributed by atoms with Crippen molar-refractivity contribution in [3.8, 4) is 0 Å². The molecule has 0 aliphatic heterocycles. The van der Waals surface area contributed by atoms with Gasteiger partial charge >= 0.3 is 0 Å². The van der Waals surface area contributed by atoms with Crippen LogP contribution < -0.4 is 5.32 Å². The van der Waals surface area contributed by atoms with E-state index in [1.165, 1.54) is 7.11 Å². The maximum atomic E-state index is 11.3. The molecule has 1 saturated carbocycles.